The number of hydrogen-bond acceptors (Lipinski definition) is 8. The third-order valence-electron chi connectivity index (χ3n) is 3.44. The number of carbonyl (C=O) groups excluding carboxylic acids is 2. The monoisotopic (exact) mass is 382 g/mol. The van der Waals surface area contributed by atoms with Gasteiger partial charge in [-0.2, -0.15) is 0 Å². The minimum Gasteiger partial charge on any atom is -0.550 e. The van der Waals surface area contributed by atoms with E-state index in [-0.39, 0.29) is 42.5 Å². The molecule has 1 aromatic carbocycles. The van der Waals surface area contributed by atoms with Crippen molar-refractivity contribution >= 4 is 46.3 Å². The number of rotatable bonds is 7. The number of benzene rings is 1. The highest BCUT2D eigenvalue weighted by molar-refractivity contribution is 8.26. The fraction of sp³-hybridized carbons (Fsp3) is 0.312. The maximum Gasteiger partial charge on any atom is 0.266 e. The molecule has 134 valence electrons. The Bertz CT molecular complexity index is 721. The van der Waals surface area contributed by atoms with Gasteiger partial charge in [0.1, 0.15) is 4.32 Å². The molecule has 1 N–H and O–H groups in total. The van der Waals surface area contributed by atoms with Gasteiger partial charge in [0.05, 0.1) is 19.1 Å². The summed E-state index contributed by atoms with van der Waals surface area (Å²) in [6.45, 7) is 0.220. The van der Waals surface area contributed by atoms with E-state index < -0.39 is 5.97 Å². The molecular weight excluding hydrogens is 366 g/mol. The van der Waals surface area contributed by atoms with Crippen LogP contribution < -0.4 is 14.6 Å². The van der Waals surface area contributed by atoms with Crippen LogP contribution in [-0.4, -0.2) is 47.0 Å². The van der Waals surface area contributed by atoms with Crippen LogP contribution in [0.15, 0.2) is 17.0 Å². The van der Waals surface area contributed by atoms with E-state index >= 15 is 0 Å². The molecule has 1 heterocycles. The van der Waals surface area contributed by atoms with Crippen molar-refractivity contribution in [3.8, 4) is 17.2 Å². The maximum atomic E-state index is 12.4. The number of thiocarbonyl (C=S) groups is 1. The second-order valence-corrected chi connectivity index (χ2v) is 6.76. The van der Waals surface area contributed by atoms with Crippen LogP contribution in [0.5, 0.6) is 17.2 Å². The molecule has 1 aromatic rings. The number of ether oxygens (including phenoxy) is 2. The van der Waals surface area contributed by atoms with Crippen molar-refractivity contribution in [2.75, 3.05) is 20.8 Å². The second-order valence-electron chi connectivity index (χ2n) is 5.08. The lowest BCUT2D eigenvalue weighted by Gasteiger charge is -2.14. The van der Waals surface area contributed by atoms with E-state index in [1.807, 2.05) is 0 Å². The molecule has 0 aliphatic carbocycles. The Hall–Kier alpha value is -2.26. The molecule has 0 atom stereocenters. The van der Waals surface area contributed by atoms with Crippen molar-refractivity contribution in [1.29, 1.82) is 0 Å². The molecule has 1 amide bonds. The zero-order valence-corrected chi connectivity index (χ0v) is 15.2. The van der Waals surface area contributed by atoms with Crippen LogP contribution in [0.4, 0.5) is 0 Å². The van der Waals surface area contributed by atoms with Crippen LogP contribution in [0, 0.1) is 0 Å². The average Bonchev–Trinajstić information content (AvgIpc) is 2.83. The van der Waals surface area contributed by atoms with Crippen molar-refractivity contribution < 1.29 is 29.3 Å². The number of carbonyl (C=O) groups is 2. The number of carboxylic acids is 1. The van der Waals surface area contributed by atoms with Crippen LogP contribution in [0.2, 0.25) is 0 Å². The van der Waals surface area contributed by atoms with Gasteiger partial charge in [-0.3, -0.25) is 9.69 Å². The smallest absolute Gasteiger partial charge is 0.266 e. The molecule has 2 rings (SSSR count). The number of phenolic OH excluding ortho intramolecular Hbond substituents is 1. The van der Waals surface area contributed by atoms with Gasteiger partial charge < -0.3 is 24.5 Å². The van der Waals surface area contributed by atoms with E-state index in [1.165, 1.54) is 19.1 Å². The fourth-order valence-corrected chi connectivity index (χ4v) is 3.53. The van der Waals surface area contributed by atoms with Gasteiger partial charge in [-0.1, -0.05) is 24.0 Å². The van der Waals surface area contributed by atoms with Crippen LogP contribution in [0.25, 0.3) is 6.08 Å². The highest BCUT2D eigenvalue weighted by atomic mass is 32.2. The number of aromatic hydroxyl groups is 1. The lowest BCUT2D eigenvalue weighted by Crippen LogP contribution is -2.30. The highest BCUT2D eigenvalue weighted by Crippen LogP contribution is 2.39. The Balaban J connectivity index is 2.23. The number of methoxy groups -OCH3 is 2. The topological polar surface area (TPSA) is 99.1 Å². The Morgan fingerprint density at radius 1 is 1.36 bits per heavy atom. The molecule has 0 saturated carbocycles. The van der Waals surface area contributed by atoms with Gasteiger partial charge >= 0.3 is 0 Å². The van der Waals surface area contributed by atoms with Gasteiger partial charge in [0.25, 0.3) is 5.91 Å². The summed E-state index contributed by atoms with van der Waals surface area (Å²) in [7, 11) is 2.82. The van der Waals surface area contributed by atoms with Gasteiger partial charge in [0.2, 0.25) is 5.75 Å². The maximum absolute atomic E-state index is 12.4. The lowest BCUT2D eigenvalue weighted by molar-refractivity contribution is -0.305. The zero-order valence-electron chi connectivity index (χ0n) is 13.6. The number of nitrogens with zero attached hydrogens (tertiary/aromatic N) is 1. The van der Waals surface area contributed by atoms with Crippen LogP contribution in [-0.2, 0) is 9.59 Å². The van der Waals surface area contributed by atoms with E-state index in [0.717, 1.165) is 11.8 Å². The minimum absolute atomic E-state index is 0.128. The predicted octanol–water partition coefficient (Wildman–Crippen LogP) is 1.14. The standard InChI is InChI=1S/C16H17NO6S2/c1-22-10-6-9(7-11(23-2)14(10)20)8-12-15(21)17(16(24)25-12)5-3-4-13(18)19/h6-8,20H,3-5H2,1-2H3,(H,18,19)/p-1/b12-8-. The van der Waals surface area contributed by atoms with E-state index in [1.54, 1.807) is 18.2 Å². The molecule has 9 heteroatoms. The van der Waals surface area contributed by atoms with Crippen molar-refractivity contribution in [3.05, 3.63) is 22.6 Å². The first kappa shape index (κ1) is 19.1. The second kappa shape index (κ2) is 8.21. The Morgan fingerprint density at radius 3 is 2.48 bits per heavy atom. The van der Waals surface area contributed by atoms with Crippen molar-refractivity contribution in [3.63, 3.8) is 0 Å². The summed E-state index contributed by atoms with van der Waals surface area (Å²) in [5.74, 6) is -1.15. The quantitative estimate of drug-likeness (QED) is 0.554. The lowest BCUT2D eigenvalue weighted by atomic mass is 10.1. The first-order chi connectivity index (χ1) is 11.9. The summed E-state index contributed by atoms with van der Waals surface area (Å²) < 4.78 is 10.5. The number of aliphatic carboxylic acids is 1. The third-order valence-corrected chi connectivity index (χ3v) is 4.81. The SMILES string of the molecule is COc1cc(/C=C2\SC(=S)N(CCCC(=O)[O-])C2=O)cc(OC)c1O. The van der Waals surface area contributed by atoms with Crippen LogP contribution in [0.3, 0.4) is 0 Å². The largest absolute Gasteiger partial charge is 0.550 e. The third kappa shape index (κ3) is 4.43. The summed E-state index contributed by atoms with van der Waals surface area (Å²) in [4.78, 5) is 24.7. The molecule has 1 aliphatic heterocycles. The van der Waals surface area contributed by atoms with Gasteiger partial charge in [0, 0.05) is 12.5 Å². The molecule has 0 spiro atoms. The van der Waals surface area contributed by atoms with Crippen molar-refractivity contribution in [2.45, 2.75) is 12.8 Å². The van der Waals surface area contributed by atoms with Gasteiger partial charge in [-0.15, -0.1) is 0 Å². The molecule has 1 saturated heterocycles. The van der Waals surface area contributed by atoms with Crippen molar-refractivity contribution in [1.82, 2.24) is 4.90 Å². The van der Waals surface area contributed by atoms with Crippen LogP contribution in [0.1, 0.15) is 18.4 Å². The summed E-state index contributed by atoms with van der Waals surface area (Å²) in [6, 6.07) is 3.14. The predicted molar refractivity (Wildman–Crippen MR) is 95.3 cm³/mol. The summed E-state index contributed by atoms with van der Waals surface area (Å²) >= 11 is 6.31. The Labute approximate surface area is 154 Å². The highest BCUT2D eigenvalue weighted by Gasteiger charge is 2.31. The summed E-state index contributed by atoms with van der Waals surface area (Å²) in [5.41, 5.74) is 0.599. The molecule has 1 aliphatic rings. The van der Waals surface area contributed by atoms with E-state index in [2.05, 4.69) is 0 Å². The Kier molecular flexibility index (Phi) is 6.27. The normalized spacial score (nSPS) is 15.8. The minimum atomic E-state index is -1.16. The first-order valence-corrected chi connectivity index (χ1v) is 8.50. The number of carboxylic acid groups (broad SMARTS) is 1. The Morgan fingerprint density at radius 2 is 1.96 bits per heavy atom. The molecule has 7 nitrogen and oxygen atoms in total. The fourth-order valence-electron chi connectivity index (χ4n) is 2.22. The molecule has 1 fully saturated rings. The van der Waals surface area contributed by atoms with E-state index in [4.69, 9.17) is 21.7 Å². The zero-order chi connectivity index (χ0) is 18.6. The number of thioether (sulfide) groups is 1. The molecule has 0 radical (unpaired) electrons. The molecule has 25 heavy (non-hydrogen) atoms. The molecular formula is C16H16NO6S2-. The van der Waals surface area contributed by atoms with Crippen LogP contribution >= 0.6 is 24.0 Å². The first-order valence-electron chi connectivity index (χ1n) is 7.27. The summed E-state index contributed by atoms with van der Waals surface area (Å²) in [5, 5.41) is 20.4. The molecule has 0 bridgehead atoms. The molecule has 0 aromatic heterocycles. The number of amides is 1. The van der Waals surface area contributed by atoms with Gasteiger partial charge in [0.15, 0.2) is 11.5 Å². The number of phenols is 1. The molecule has 0 unspecified atom stereocenters. The number of hydrogen-bond donors (Lipinski definition) is 1. The van der Waals surface area contributed by atoms with Gasteiger partial charge in [-0.05, 0) is 36.6 Å². The van der Waals surface area contributed by atoms with Gasteiger partial charge in [-0.25, -0.2) is 0 Å². The van der Waals surface area contributed by atoms with E-state index in [0.29, 0.717) is 14.8 Å². The summed E-state index contributed by atoms with van der Waals surface area (Å²) in [6.07, 6.45) is 1.74. The average molecular weight is 382 g/mol. The van der Waals surface area contributed by atoms with E-state index in [9.17, 15) is 19.8 Å². The van der Waals surface area contributed by atoms with Crippen molar-refractivity contribution in [2.24, 2.45) is 0 Å².